The summed E-state index contributed by atoms with van der Waals surface area (Å²) in [6.07, 6.45) is 0. The monoisotopic (exact) mass is 212 g/mol. The van der Waals surface area contributed by atoms with Crippen molar-refractivity contribution in [2.45, 2.75) is 0 Å². The fourth-order valence-corrected chi connectivity index (χ4v) is 0.692. The minimum atomic E-state index is -0.291. The van der Waals surface area contributed by atoms with E-state index in [-0.39, 0.29) is 11.1 Å². The highest BCUT2D eigenvalue weighted by atomic mass is 32.1. The lowest BCUT2D eigenvalue weighted by molar-refractivity contribution is 0.0601. The minimum Gasteiger partial charge on any atom is -0.465 e. The molecule has 0 aromatic heterocycles. The van der Waals surface area contributed by atoms with E-state index in [9.17, 15) is 4.79 Å². The molecule has 0 aliphatic rings. The summed E-state index contributed by atoms with van der Waals surface area (Å²) >= 11 is 4.09. The van der Waals surface area contributed by atoms with Gasteiger partial charge in [0, 0.05) is 0 Å². The third-order valence-corrected chi connectivity index (χ3v) is 1.19. The zero-order valence-corrected chi connectivity index (χ0v) is 8.58. The fraction of sp³-hybridized carbons (Fsp3) is 0.111. The molecule has 14 heavy (non-hydrogen) atoms. The number of esters is 1. The van der Waals surface area contributed by atoms with E-state index in [1.54, 1.807) is 24.3 Å². The first-order valence-corrected chi connectivity index (χ1v) is 4.17. The molecule has 5 heteroatoms. The molecule has 0 bridgehead atoms. The Bertz CT molecular complexity index is 297. The number of hydrogen-bond acceptors (Lipinski definition) is 3. The minimum absolute atomic E-state index is 0.000000000000000222. The number of ether oxygens (including phenoxy) is 1. The van der Waals surface area contributed by atoms with Gasteiger partial charge < -0.3 is 16.2 Å². The van der Waals surface area contributed by atoms with E-state index in [0.717, 1.165) is 0 Å². The van der Waals surface area contributed by atoms with Crippen LogP contribution >= 0.6 is 12.2 Å². The number of hydrogen-bond donors (Lipinski definition) is 2. The Labute approximate surface area is 87.8 Å². The Morgan fingerprint density at radius 3 is 2.07 bits per heavy atom. The van der Waals surface area contributed by atoms with Gasteiger partial charge in [-0.25, -0.2) is 4.79 Å². The molecule has 0 heterocycles. The first kappa shape index (κ1) is 12.4. The maximum absolute atomic E-state index is 10.8. The van der Waals surface area contributed by atoms with Crippen molar-refractivity contribution in [1.29, 1.82) is 0 Å². The summed E-state index contributed by atoms with van der Waals surface area (Å²) in [6, 6.07) is 8.88. The summed E-state index contributed by atoms with van der Waals surface area (Å²) < 4.78 is 4.50. The number of carbonyl (C=O) groups excluding carboxylic acids is 1. The first-order valence-electron chi connectivity index (χ1n) is 3.76. The SMILES string of the molecule is COC(=O)c1ccccc1.NC(N)=S. The number of benzene rings is 1. The van der Waals surface area contributed by atoms with Crippen LogP contribution in [0.25, 0.3) is 0 Å². The van der Waals surface area contributed by atoms with Crippen LogP contribution in [-0.4, -0.2) is 18.2 Å². The Hall–Kier alpha value is -1.62. The van der Waals surface area contributed by atoms with Crippen molar-refractivity contribution in [2.75, 3.05) is 7.11 Å². The summed E-state index contributed by atoms with van der Waals surface area (Å²) in [7, 11) is 1.37. The molecular weight excluding hydrogens is 200 g/mol. The molecule has 0 saturated heterocycles. The van der Waals surface area contributed by atoms with E-state index in [1.807, 2.05) is 6.07 Å². The molecule has 0 unspecified atom stereocenters. The molecule has 0 radical (unpaired) electrons. The molecule has 0 aliphatic heterocycles. The lowest BCUT2D eigenvalue weighted by Crippen LogP contribution is -2.18. The maximum Gasteiger partial charge on any atom is 0.337 e. The molecule has 0 fully saturated rings. The van der Waals surface area contributed by atoms with Gasteiger partial charge in [-0.15, -0.1) is 0 Å². The highest BCUT2D eigenvalue weighted by Crippen LogP contribution is 1.98. The van der Waals surface area contributed by atoms with Crippen molar-refractivity contribution < 1.29 is 9.53 Å². The zero-order valence-electron chi connectivity index (χ0n) is 7.77. The van der Waals surface area contributed by atoms with E-state index >= 15 is 0 Å². The van der Waals surface area contributed by atoms with Crippen LogP contribution in [0.15, 0.2) is 30.3 Å². The quantitative estimate of drug-likeness (QED) is 0.528. The third-order valence-electron chi connectivity index (χ3n) is 1.19. The Kier molecular flexibility index (Phi) is 6.06. The predicted molar refractivity (Wildman–Crippen MR) is 58.8 cm³/mol. The Morgan fingerprint density at radius 1 is 1.29 bits per heavy atom. The standard InChI is InChI=1S/C8H8O2.CH4N2S/c1-10-8(9)7-5-3-2-4-6-7;2-1(3)4/h2-6H,1H3;(H4,2,3,4). The second-order valence-corrected chi connectivity index (χ2v) is 2.73. The molecule has 0 atom stereocenters. The highest BCUT2D eigenvalue weighted by Gasteiger charge is 2.00. The number of carbonyl (C=O) groups is 1. The molecule has 4 nitrogen and oxygen atoms in total. The molecule has 1 aromatic carbocycles. The number of nitrogens with two attached hydrogens (primary N) is 2. The Morgan fingerprint density at radius 2 is 1.71 bits per heavy atom. The molecule has 0 spiro atoms. The molecule has 4 N–H and O–H groups in total. The van der Waals surface area contributed by atoms with Crippen LogP contribution in [0.2, 0.25) is 0 Å². The van der Waals surface area contributed by atoms with Crippen LogP contribution in [0.3, 0.4) is 0 Å². The molecular formula is C9H12N2O2S. The van der Waals surface area contributed by atoms with E-state index in [2.05, 4.69) is 28.4 Å². The molecule has 0 amide bonds. The molecule has 0 aliphatic carbocycles. The van der Waals surface area contributed by atoms with Crippen LogP contribution in [-0.2, 0) is 4.74 Å². The smallest absolute Gasteiger partial charge is 0.337 e. The van der Waals surface area contributed by atoms with Gasteiger partial charge in [-0.3, -0.25) is 0 Å². The lowest BCUT2D eigenvalue weighted by Gasteiger charge is -1.95. The normalized spacial score (nSPS) is 8.07. The summed E-state index contributed by atoms with van der Waals surface area (Å²) in [5.74, 6) is -0.291. The maximum atomic E-state index is 10.8. The van der Waals surface area contributed by atoms with E-state index in [1.165, 1.54) is 7.11 Å². The zero-order chi connectivity index (χ0) is 11.0. The largest absolute Gasteiger partial charge is 0.465 e. The summed E-state index contributed by atoms with van der Waals surface area (Å²) in [5, 5.41) is 0.000000000000000222. The van der Waals surface area contributed by atoms with Gasteiger partial charge >= 0.3 is 5.97 Å². The van der Waals surface area contributed by atoms with Gasteiger partial charge in [0.1, 0.15) is 0 Å². The van der Waals surface area contributed by atoms with Gasteiger partial charge in [0.15, 0.2) is 5.11 Å². The average molecular weight is 212 g/mol. The predicted octanol–water partition coefficient (Wildman–Crippen LogP) is 0.662. The van der Waals surface area contributed by atoms with Crippen LogP contribution in [0.1, 0.15) is 10.4 Å². The number of rotatable bonds is 1. The van der Waals surface area contributed by atoms with Gasteiger partial charge in [-0.1, -0.05) is 18.2 Å². The molecule has 1 aromatic rings. The lowest BCUT2D eigenvalue weighted by atomic mass is 10.2. The summed E-state index contributed by atoms with van der Waals surface area (Å²) in [4.78, 5) is 10.8. The topological polar surface area (TPSA) is 78.3 Å². The van der Waals surface area contributed by atoms with Crippen LogP contribution in [0, 0.1) is 0 Å². The van der Waals surface area contributed by atoms with E-state index in [4.69, 9.17) is 0 Å². The highest BCUT2D eigenvalue weighted by molar-refractivity contribution is 7.80. The summed E-state index contributed by atoms with van der Waals surface area (Å²) in [6.45, 7) is 0. The van der Waals surface area contributed by atoms with Crippen molar-refractivity contribution in [2.24, 2.45) is 11.5 Å². The van der Waals surface area contributed by atoms with Gasteiger partial charge in [0.25, 0.3) is 0 Å². The molecule has 1 rings (SSSR count). The summed E-state index contributed by atoms with van der Waals surface area (Å²) in [5.41, 5.74) is 9.83. The van der Waals surface area contributed by atoms with Crippen molar-refractivity contribution in [3.8, 4) is 0 Å². The Balaban J connectivity index is 0.000000364. The van der Waals surface area contributed by atoms with Crippen molar-refractivity contribution in [3.63, 3.8) is 0 Å². The van der Waals surface area contributed by atoms with Gasteiger partial charge in [-0.05, 0) is 24.4 Å². The number of thiocarbonyl (C=S) groups is 1. The van der Waals surface area contributed by atoms with Crippen LogP contribution in [0.5, 0.6) is 0 Å². The second kappa shape index (κ2) is 6.85. The van der Waals surface area contributed by atoms with Gasteiger partial charge in [0.2, 0.25) is 0 Å². The fourth-order valence-electron chi connectivity index (χ4n) is 0.692. The molecule has 76 valence electrons. The first-order chi connectivity index (χ1) is 6.57. The van der Waals surface area contributed by atoms with E-state index < -0.39 is 0 Å². The van der Waals surface area contributed by atoms with Crippen LogP contribution in [0.4, 0.5) is 0 Å². The van der Waals surface area contributed by atoms with Gasteiger partial charge in [-0.2, -0.15) is 0 Å². The van der Waals surface area contributed by atoms with Gasteiger partial charge in [0.05, 0.1) is 12.7 Å². The second-order valence-electron chi connectivity index (χ2n) is 2.26. The van der Waals surface area contributed by atoms with Crippen molar-refractivity contribution in [3.05, 3.63) is 35.9 Å². The van der Waals surface area contributed by atoms with Crippen molar-refractivity contribution in [1.82, 2.24) is 0 Å². The number of methoxy groups -OCH3 is 1. The third kappa shape index (κ3) is 5.96. The van der Waals surface area contributed by atoms with Crippen molar-refractivity contribution >= 4 is 23.3 Å². The van der Waals surface area contributed by atoms with E-state index in [0.29, 0.717) is 5.56 Å². The molecule has 0 saturated carbocycles. The van der Waals surface area contributed by atoms with Crippen LogP contribution < -0.4 is 11.5 Å². The average Bonchev–Trinajstić information content (AvgIpc) is 2.17.